The summed E-state index contributed by atoms with van der Waals surface area (Å²) < 4.78 is 38.3. The minimum Gasteiger partial charge on any atom is -0.344 e. The first kappa shape index (κ1) is 18.9. The first-order valence-electron chi connectivity index (χ1n) is 8.32. The molecular formula is C19H18F3N3O2. The Balaban J connectivity index is 1.85. The maximum atomic E-state index is 12.8. The van der Waals surface area contributed by atoms with Gasteiger partial charge in [-0.25, -0.2) is 0 Å². The van der Waals surface area contributed by atoms with E-state index in [2.05, 4.69) is 10.3 Å². The molecule has 0 unspecified atom stereocenters. The highest BCUT2D eigenvalue weighted by molar-refractivity contribution is 6.08. The number of nitrogens with one attached hydrogen (secondary N) is 1. The van der Waals surface area contributed by atoms with Crippen molar-refractivity contribution in [2.75, 3.05) is 18.9 Å². The summed E-state index contributed by atoms with van der Waals surface area (Å²) in [5.74, 6) is -2.36. The van der Waals surface area contributed by atoms with Gasteiger partial charge in [-0.1, -0.05) is 12.1 Å². The first-order valence-corrected chi connectivity index (χ1v) is 8.32. The highest BCUT2D eigenvalue weighted by Crippen LogP contribution is 2.36. The molecular weight excluding hydrogens is 359 g/mol. The molecule has 0 radical (unpaired) electrons. The lowest BCUT2D eigenvalue weighted by Crippen LogP contribution is -2.32. The molecule has 3 rings (SSSR count). The number of aryl methyl sites for hydroxylation is 1. The quantitative estimate of drug-likeness (QED) is 0.836. The van der Waals surface area contributed by atoms with E-state index in [9.17, 15) is 22.8 Å². The van der Waals surface area contributed by atoms with Crippen molar-refractivity contribution in [1.29, 1.82) is 0 Å². The van der Waals surface area contributed by atoms with Crippen LogP contribution in [0.4, 0.5) is 18.9 Å². The topological polar surface area (TPSA) is 62.3 Å². The number of amides is 2. The highest BCUT2D eigenvalue weighted by Gasteiger charge is 2.44. The molecule has 1 saturated heterocycles. The van der Waals surface area contributed by atoms with E-state index >= 15 is 0 Å². The molecule has 0 aliphatic carbocycles. The smallest absolute Gasteiger partial charge is 0.344 e. The van der Waals surface area contributed by atoms with E-state index in [-0.39, 0.29) is 12.5 Å². The van der Waals surface area contributed by atoms with Crippen molar-refractivity contribution < 1.29 is 22.8 Å². The molecule has 0 saturated carbocycles. The highest BCUT2D eigenvalue weighted by atomic mass is 19.4. The molecule has 0 bridgehead atoms. The summed E-state index contributed by atoms with van der Waals surface area (Å²) in [5, 5.41) is 2.70. The number of pyridine rings is 1. The number of halogens is 3. The molecule has 2 heterocycles. The van der Waals surface area contributed by atoms with Gasteiger partial charge in [-0.05, 0) is 36.8 Å². The average Bonchev–Trinajstić information content (AvgIpc) is 2.89. The van der Waals surface area contributed by atoms with Gasteiger partial charge in [0.05, 0.1) is 5.56 Å². The fourth-order valence-electron chi connectivity index (χ4n) is 3.26. The van der Waals surface area contributed by atoms with Crippen molar-refractivity contribution in [3.63, 3.8) is 0 Å². The van der Waals surface area contributed by atoms with Gasteiger partial charge in [-0.2, -0.15) is 13.2 Å². The maximum Gasteiger partial charge on any atom is 0.416 e. The van der Waals surface area contributed by atoms with Crippen molar-refractivity contribution in [2.24, 2.45) is 5.92 Å². The van der Waals surface area contributed by atoms with E-state index in [1.165, 1.54) is 17.0 Å². The number of alkyl halides is 3. The molecule has 1 aromatic heterocycles. The zero-order chi connectivity index (χ0) is 19.8. The molecule has 27 heavy (non-hydrogen) atoms. The number of anilines is 1. The average molecular weight is 377 g/mol. The molecule has 1 N–H and O–H groups in total. The number of nitrogens with zero attached hydrogens (tertiary/aromatic N) is 2. The van der Waals surface area contributed by atoms with Crippen LogP contribution in [0.3, 0.4) is 0 Å². The minimum atomic E-state index is -4.43. The Kier molecular flexibility index (Phi) is 4.91. The Morgan fingerprint density at radius 3 is 2.48 bits per heavy atom. The first-order chi connectivity index (χ1) is 12.7. The van der Waals surface area contributed by atoms with Gasteiger partial charge < -0.3 is 10.2 Å². The fourth-order valence-corrected chi connectivity index (χ4v) is 3.26. The summed E-state index contributed by atoms with van der Waals surface area (Å²) in [6.45, 7) is 2.03. The van der Waals surface area contributed by atoms with Crippen molar-refractivity contribution in [1.82, 2.24) is 9.88 Å². The van der Waals surface area contributed by atoms with Gasteiger partial charge in [-0.15, -0.1) is 0 Å². The molecule has 2 atom stereocenters. The van der Waals surface area contributed by atoms with Gasteiger partial charge in [0.25, 0.3) is 0 Å². The number of likely N-dealkylation sites (tertiary alicyclic amines) is 1. The molecule has 1 aliphatic rings. The van der Waals surface area contributed by atoms with Gasteiger partial charge >= 0.3 is 6.18 Å². The standard InChI is InChI=1S/C19H18F3N3O2/c1-11-9-14(7-8-23-11)24-17(26)16-15(10-25(2)18(16)27)12-3-5-13(6-4-12)19(20,21)22/h3-9,15-16H,10H2,1-2H3,(H,23,24,26)/t15-,16+/m0/s1. The van der Waals surface area contributed by atoms with Crippen molar-refractivity contribution in [2.45, 2.75) is 19.0 Å². The summed E-state index contributed by atoms with van der Waals surface area (Å²) in [7, 11) is 1.57. The Morgan fingerprint density at radius 1 is 1.22 bits per heavy atom. The van der Waals surface area contributed by atoms with E-state index < -0.39 is 29.5 Å². The number of hydrogen-bond acceptors (Lipinski definition) is 3. The molecule has 8 heteroatoms. The van der Waals surface area contributed by atoms with Crippen LogP contribution in [-0.2, 0) is 15.8 Å². The second-order valence-corrected chi connectivity index (χ2v) is 6.60. The van der Waals surface area contributed by atoms with Crippen LogP contribution in [0.15, 0.2) is 42.6 Å². The normalized spacial score (nSPS) is 20.0. The third-order valence-electron chi connectivity index (χ3n) is 4.63. The van der Waals surface area contributed by atoms with E-state index in [4.69, 9.17) is 0 Å². The zero-order valence-electron chi connectivity index (χ0n) is 14.7. The van der Waals surface area contributed by atoms with Crippen LogP contribution < -0.4 is 5.32 Å². The van der Waals surface area contributed by atoms with Crippen molar-refractivity contribution in [3.05, 3.63) is 59.4 Å². The lowest BCUT2D eigenvalue weighted by Gasteiger charge is -2.18. The van der Waals surface area contributed by atoms with E-state index in [0.717, 1.165) is 12.1 Å². The van der Waals surface area contributed by atoms with Gasteiger partial charge in [-0.3, -0.25) is 14.6 Å². The van der Waals surface area contributed by atoms with Crippen LogP contribution >= 0.6 is 0 Å². The summed E-state index contributed by atoms with van der Waals surface area (Å²) in [6, 6.07) is 7.89. The van der Waals surface area contributed by atoms with Crippen LogP contribution in [0.25, 0.3) is 0 Å². The number of carbonyl (C=O) groups excluding carboxylic acids is 2. The Hall–Kier alpha value is -2.90. The number of carbonyl (C=O) groups is 2. The fraction of sp³-hybridized carbons (Fsp3) is 0.316. The number of rotatable bonds is 3. The lowest BCUT2D eigenvalue weighted by molar-refractivity contribution is -0.138. The zero-order valence-corrected chi connectivity index (χ0v) is 14.7. The van der Waals surface area contributed by atoms with Crippen LogP contribution in [0.1, 0.15) is 22.7 Å². The maximum absolute atomic E-state index is 12.8. The predicted molar refractivity (Wildman–Crippen MR) is 92.9 cm³/mol. The monoisotopic (exact) mass is 377 g/mol. The number of likely N-dealkylation sites (N-methyl/N-ethyl adjacent to an activating group) is 1. The van der Waals surface area contributed by atoms with Gasteiger partial charge in [0, 0.05) is 37.1 Å². The summed E-state index contributed by atoms with van der Waals surface area (Å²) in [5.41, 5.74) is 0.979. The van der Waals surface area contributed by atoms with Crippen molar-refractivity contribution in [3.8, 4) is 0 Å². The van der Waals surface area contributed by atoms with E-state index in [1.54, 1.807) is 32.3 Å². The molecule has 0 spiro atoms. The van der Waals surface area contributed by atoms with Gasteiger partial charge in [0.2, 0.25) is 11.8 Å². The number of hydrogen-bond donors (Lipinski definition) is 1. The van der Waals surface area contributed by atoms with Gasteiger partial charge in [0.1, 0.15) is 5.92 Å². The minimum absolute atomic E-state index is 0.262. The second kappa shape index (κ2) is 7.02. The molecule has 1 aliphatic heterocycles. The largest absolute Gasteiger partial charge is 0.416 e. The second-order valence-electron chi connectivity index (χ2n) is 6.60. The van der Waals surface area contributed by atoms with E-state index in [0.29, 0.717) is 16.9 Å². The summed E-state index contributed by atoms with van der Waals surface area (Å²) >= 11 is 0. The third-order valence-corrected chi connectivity index (χ3v) is 4.63. The Morgan fingerprint density at radius 2 is 1.89 bits per heavy atom. The van der Waals surface area contributed by atoms with Crippen molar-refractivity contribution >= 4 is 17.5 Å². The Bertz CT molecular complexity index is 865. The SMILES string of the molecule is Cc1cc(NC(=O)[C@@H]2C(=O)N(C)C[C@H]2c2ccc(C(F)(F)F)cc2)ccn1. The summed E-state index contributed by atoms with van der Waals surface area (Å²) in [6.07, 6.45) is -2.89. The number of benzene rings is 1. The van der Waals surface area contributed by atoms with Gasteiger partial charge in [0.15, 0.2) is 0 Å². The molecule has 2 aromatic rings. The molecule has 1 fully saturated rings. The molecule has 2 amide bonds. The lowest BCUT2D eigenvalue weighted by atomic mass is 9.87. The predicted octanol–water partition coefficient (Wildman–Crippen LogP) is 3.22. The molecule has 5 nitrogen and oxygen atoms in total. The van der Waals surface area contributed by atoms with Crippen LogP contribution in [0.2, 0.25) is 0 Å². The third kappa shape index (κ3) is 3.94. The summed E-state index contributed by atoms with van der Waals surface area (Å²) in [4.78, 5) is 30.7. The number of aromatic nitrogens is 1. The molecule has 142 valence electrons. The van der Waals surface area contributed by atoms with Crippen LogP contribution in [-0.4, -0.2) is 35.3 Å². The van der Waals surface area contributed by atoms with E-state index in [1.807, 2.05) is 0 Å². The van der Waals surface area contributed by atoms with Crippen LogP contribution in [0.5, 0.6) is 0 Å². The Labute approximate surface area is 154 Å². The molecule has 1 aromatic carbocycles. The van der Waals surface area contributed by atoms with Crippen LogP contribution in [0, 0.1) is 12.8 Å².